The Hall–Kier alpha value is -3.20. The number of anilines is 1. The van der Waals surface area contributed by atoms with Gasteiger partial charge in [0.25, 0.3) is 15.6 Å². The number of hydrogen-bond acceptors (Lipinski definition) is 6. The van der Waals surface area contributed by atoms with Crippen molar-refractivity contribution in [2.45, 2.75) is 44.2 Å². The molecule has 9 heteroatoms. The summed E-state index contributed by atoms with van der Waals surface area (Å²) in [7, 11) is -4.24. The SMILES string of the molecule is CCOC(=O)C1=C[C@@H](C(C)C)[C@@]2([N+](=O)[O-])c3ccccc3N(S(=O)(=O)c3ccc(C)cc3)[C@H]12. The van der Waals surface area contributed by atoms with Crippen molar-refractivity contribution < 1.29 is 22.9 Å². The van der Waals surface area contributed by atoms with E-state index in [1.54, 1.807) is 49.4 Å². The van der Waals surface area contributed by atoms with Gasteiger partial charge in [0.15, 0.2) is 6.04 Å². The third-order valence-electron chi connectivity index (χ3n) is 6.50. The standard InChI is InChI=1S/C24H26N2O6S/c1-5-32-23(27)18-14-20(15(2)3)24(26(28)29)19-8-6-7-9-21(19)25(22(18)24)33(30,31)17-12-10-16(4)11-13-17/h6-15,20,22H,5H2,1-4H3/t20-,22+,24-/m0/s1. The molecule has 0 unspecified atom stereocenters. The van der Waals surface area contributed by atoms with E-state index in [-0.39, 0.29) is 34.2 Å². The number of rotatable bonds is 6. The molecule has 0 radical (unpaired) electrons. The molecule has 0 amide bonds. The number of sulfonamides is 1. The van der Waals surface area contributed by atoms with E-state index in [4.69, 9.17) is 4.74 Å². The first kappa shape index (κ1) is 23.0. The van der Waals surface area contributed by atoms with Gasteiger partial charge in [-0.1, -0.05) is 49.8 Å². The fraction of sp³-hybridized carbons (Fsp3) is 0.375. The molecule has 0 aromatic heterocycles. The third kappa shape index (κ3) is 3.17. The number of fused-ring (bicyclic) bond motifs is 3. The summed E-state index contributed by atoms with van der Waals surface area (Å²) in [5.74, 6) is -1.69. The van der Waals surface area contributed by atoms with Crippen LogP contribution in [0.1, 0.15) is 31.9 Å². The van der Waals surface area contributed by atoms with Gasteiger partial charge in [-0.15, -0.1) is 0 Å². The second-order valence-electron chi connectivity index (χ2n) is 8.73. The molecule has 1 aliphatic heterocycles. The molecule has 0 saturated carbocycles. The highest BCUT2D eigenvalue weighted by Gasteiger charge is 2.72. The second-order valence-corrected chi connectivity index (χ2v) is 10.5. The van der Waals surface area contributed by atoms with Crippen LogP contribution in [0, 0.1) is 28.9 Å². The van der Waals surface area contributed by atoms with Crippen molar-refractivity contribution in [3.63, 3.8) is 0 Å². The predicted octanol–water partition coefficient (Wildman–Crippen LogP) is 3.82. The molecule has 3 atom stereocenters. The van der Waals surface area contributed by atoms with Crippen LogP contribution in [0.3, 0.4) is 0 Å². The number of ether oxygens (including phenoxy) is 1. The minimum atomic E-state index is -4.24. The van der Waals surface area contributed by atoms with Crippen LogP contribution in [0.15, 0.2) is 65.1 Å². The Bertz CT molecular complexity index is 1250. The molecule has 0 fully saturated rings. The Morgan fingerprint density at radius 1 is 1.18 bits per heavy atom. The van der Waals surface area contributed by atoms with E-state index in [9.17, 15) is 23.3 Å². The number of aryl methyl sites for hydroxylation is 1. The van der Waals surface area contributed by atoms with E-state index in [1.165, 1.54) is 12.1 Å². The van der Waals surface area contributed by atoms with E-state index in [2.05, 4.69) is 0 Å². The summed E-state index contributed by atoms with van der Waals surface area (Å²) in [5.41, 5.74) is -0.474. The Morgan fingerprint density at radius 2 is 1.82 bits per heavy atom. The molecule has 0 bridgehead atoms. The summed E-state index contributed by atoms with van der Waals surface area (Å²) in [6.45, 7) is 7.20. The summed E-state index contributed by atoms with van der Waals surface area (Å²) in [6, 6.07) is 11.4. The zero-order valence-corrected chi connectivity index (χ0v) is 19.7. The fourth-order valence-corrected chi connectivity index (χ4v) is 6.79. The molecular formula is C24H26N2O6S. The van der Waals surface area contributed by atoms with E-state index in [0.29, 0.717) is 0 Å². The van der Waals surface area contributed by atoms with Gasteiger partial charge in [-0.05, 0) is 44.0 Å². The number of nitro groups is 1. The lowest BCUT2D eigenvalue weighted by atomic mass is 9.74. The third-order valence-corrected chi connectivity index (χ3v) is 8.29. The lowest BCUT2D eigenvalue weighted by Gasteiger charge is -2.32. The largest absolute Gasteiger partial charge is 0.463 e. The van der Waals surface area contributed by atoms with E-state index < -0.39 is 38.4 Å². The molecule has 2 aliphatic rings. The number of para-hydroxylation sites is 1. The molecule has 0 spiro atoms. The van der Waals surface area contributed by atoms with Crippen molar-refractivity contribution in [3.05, 3.63) is 81.4 Å². The molecule has 4 rings (SSSR count). The van der Waals surface area contributed by atoms with Gasteiger partial charge in [-0.2, -0.15) is 0 Å². The van der Waals surface area contributed by atoms with E-state index >= 15 is 0 Å². The molecule has 33 heavy (non-hydrogen) atoms. The van der Waals surface area contributed by atoms with Gasteiger partial charge in [0.1, 0.15) is 0 Å². The Kier molecular flexibility index (Phi) is 5.56. The van der Waals surface area contributed by atoms with Gasteiger partial charge in [0.2, 0.25) is 0 Å². The zero-order valence-electron chi connectivity index (χ0n) is 18.9. The summed E-state index contributed by atoms with van der Waals surface area (Å²) < 4.78 is 34.2. The maximum Gasteiger partial charge on any atom is 0.336 e. The highest BCUT2D eigenvalue weighted by molar-refractivity contribution is 7.93. The van der Waals surface area contributed by atoms with Gasteiger partial charge in [-0.3, -0.25) is 14.4 Å². The highest BCUT2D eigenvalue weighted by atomic mass is 32.2. The topological polar surface area (TPSA) is 107 Å². The van der Waals surface area contributed by atoms with Crippen molar-refractivity contribution in [2.24, 2.45) is 11.8 Å². The van der Waals surface area contributed by atoms with Crippen molar-refractivity contribution in [3.8, 4) is 0 Å². The molecule has 2 aromatic rings. The van der Waals surface area contributed by atoms with Crippen molar-refractivity contribution >= 4 is 21.7 Å². The van der Waals surface area contributed by atoms with Crippen LogP contribution in [0.5, 0.6) is 0 Å². The van der Waals surface area contributed by atoms with Crippen LogP contribution in [-0.4, -0.2) is 32.0 Å². The second kappa shape index (κ2) is 7.98. The number of benzene rings is 2. The maximum atomic E-state index is 13.9. The number of carbonyl (C=O) groups is 1. The molecule has 174 valence electrons. The van der Waals surface area contributed by atoms with Crippen LogP contribution < -0.4 is 4.31 Å². The number of esters is 1. The molecule has 1 heterocycles. The highest BCUT2D eigenvalue weighted by Crippen LogP contribution is 2.59. The first-order chi connectivity index (χ1) is 15.6. The molecule has 8 nitrogen and oxygen atoms in total. The Balaban J connectivity index is 2.04. The van der Waals surface area contributed by atoms with Crippen LogP contribution in [0.25, 0.3) is 0 Å². The quantitative estimate of drug-likeness (QED) is 0.361. The van der Waals surface area contributed by atoms with Gasteiger partial charge in [0.05, 0.1) is 34.2 Å². The minimum absolute atomic E-state index is 0.000799. The van der Waals surface area contributed by atoms with Crippen molar-refractivity contribution in [1.82, 2.24) is 0 Å². The molecule has 0 saturated heterocycles. The van der Waals surface area contributed by atoms with E-state index in [1.807, 2.05) is 20.8 Å². The Morgan fingerprint density at radius 3 is 2.39 bits per heavy atom. The first-order valence-electron chi connectivity index (χ1n) is 10.8. The zero-order chi connectivity index (χ0) is 24.1. The summed E-state index contributed by atoms with van der Waals surface area (Å²) in [6.07, 6.45) is 1.55. The smallest absolute Gasteiger partial charge is 0.336 e. The van der Waals surface area contributed by atoms with Gasteiger partial charge < -0.3 is 4.74 Å². The Labute approximate surface area is 193 Å². The van der Waals surface area contributed by atoms with E-state index in [0.717, 1.165) is 9.87 Å². The number of nitrogens with zero attached hydrogens (tertiary/aromatic N) is 2. The first-order valence-corrected chi connectivity index (χ1v) is 12.3. The number of carbonyl (C=O) groups excluding carboxylic acids is 1. The van der Waals surface area contributed by atoms with Gasteiger partial charge in [-0.25, -0.2) is 13.2 Å². The van der Waals surface area contributed by atoms with Crippen LogP contribution in [0.2, 0.25) is 0 Å². The van der Waals surface area contributed by atoms with Crippen molar-refractivity contribution in [1.29, 1.82) is 0 Å². The predicted molar refractivity (Wildman–Crippen MR) is 123 cm³/mol. The average Bonchev–Trinajstić information content (AvgIpc) is 3.26. The monoisotopic (exact) mass is 470 g/mol. The molecule has 0 N–H and O–H groups in total. The van der Waals surface area contributed by atoms with Crippen LogP contribution >= 0.6 is 0 Å². The van der Waals surface area contributed by atoms with Crippen molar-refractivity contribution in [2.75, 3.05) is 10.9 Å². The normalized spacial score (nSPS) is 23.8. The van der Waals surface area contributed by atoms with Crippen LogP contribution in [-0.2, 0) is 25.1 Å². The maximum absolute atomic E-state index is 13.9. The minimum Gasteiger partial charge on any atom is -0.463 e. The summed E-state index contributed by atoms with van der Waals surface area (Å²) >= 11 is 0. The number of hydrogen-bond donors (Lipinski definition) is 0. The lowest BCUT2D eigenvalue weighted by molar-refractivity contribution is -0.587. The van der Waals surface area contributed by atoms with Crippen LogP contribution in [0.4, 0.5) is 5.69 Å². The summed E-state index contributed by atoms with van der Waals surface area (Å²) in [4.78, 5) is 25.4. The summed E-state index contributed by atoms with van der Waals surface area (Å²) in [5, 5.41) is 12.9. The average molecular weight is 471 g/mol. The lowest BCUT2D eigenvalue weighted by Crippen LogP contribution is -2.54. The molecule has 1 aliphatic carbocycles. The van der Waals surface area contributed by atoms with Gasteiger partial charge >= 0.3 is 5.97 Å². The molecule has 2 aromatic carbocycles. The van der Waals surface area contributed by atoms with Gasteiger partial charge in [0, 0.05) is 4.92 Å². The molecular weight excluding hydrogens is 444 g/mol. The fourth-order valence-electron chi connectivity index (χ4n) is 5.11.